The van der Waals surface area contributed by atoms with E-state index in [2.05, 4.69) is 89.7 Å². The maximum Gasteiger partial charge on any atom is 0.150 e. The van der Waals surface area contributed by atoms with Crippen LogP contribution in [0.2, 0.25) is 0 Å². The molecule has 0 heterocycles. The standard InChI is InChI=1S/C30H24FNS/c1-20-14-28(20)16-22-5-2-21(3-6-22)4-7-23-8-9-25-17-26(11-10-24(25)15-23)27-12-13-30(32-19-33)29(31)18-27/h2-3,5-6,8-9,12-13,15,17-18,20,28H,10-11,14,16H2,1H3. The molecule has 1 saturated carbocycles. The summed E-state index contributed by atoms with van der Waals surface area (Å²) in [5, 5.41) is 2.22. The zero-order valence-electron chi connectivity index (χ0n) is 18.6. The predicted octanol–water partition coefficient (Wildman–Crippen LogP) is 7.65. The van der Waals surface area contributed by atoms with Crippen LogP contribution in [0.15, 0.2) is 65.7 Å². The summed E-state index contributed by atoms with van der Waals surface area (Å²) in [6.07, 6.45) is 6.47. The third kappa shape index (κ3) is 5.04. The Kier molecular flexibility index (Phi) is 6.05. The van der Waals surface area contributed by atoms with Crippen molar-refractivity contribution in [2.24, 2.45) is 16.8 Å². The van der Waals surface area contributed by atoms with Gasteiger partial charge in [-0.25, -0.2) is 4.39 Å². The molecule has 1 nitrogen and oxygen atoms in total. The van der Waals surface area contributed by atoms with Crippen molar-refractivity contribution in [3.05, 3.63) is 99.9 Å². The van der Waals surface area contributed by atoms with Gasteiger partial charge in [-0.05, 0) is 114 Å². The average Bonchev–Trinajstić information content (AvgIpc) is 3.53. The van der Waals surface area contributed by atoms with Crippen LogP contribution in [-0.4, -0.2) is 5.16 Å². The highest BCUT2D eigenvalue weighted by atomic mass is 32.1. The van der Waals surface area contributed by atoms with E-state index in [-0.39, 0.29) is 11.5 Å². The number of halogens is 1. The number of hydrogen-bond donors (Lipinski definition) is 0. The van der Waals surface area contributed by atoms with Gasteiger partial charge in [0, 0.05) is 11.1 Å². The summed E-state index contributed by atoms with van der Waals surface area (Å²) in [4.78, 5) is 3.76. The first-order valence-electron chi connectivity index (χ1n) is 11.4. The molecule has 2 aliphatic rings. The van der Waals surface area contributed by atoms with Gasteiger partial charge in [-0.3, -0.25) is 0 Å². The van der Waals surface area contributed by atoms with Crippen molar-refractivity contribution in [1.82, 2.24) is 0 Å². The smallest absolute Gasteiger partial charge is 0.150 e. The number of isothiocyanates is 1. The van der Waals surface area contributed by atoms with Crippen LogP contribution < -0.4 is 0 Å². The monoisotopic (exact) mass is 449 g/mol. The second-order valence-electron chi connectivity index (χ2n) is 9.08. The van der Waals surface area contributed by atoms with E-state index in [1.165, 1.54) is 35.6 Å². The lowest BCUT2D eigenvalue weighted by molar-refractivity contribution is 0.629. The quantitative estimate of drug-likeness (QED) is 0.226. The van der Waals surface area contributed by atoms with Gasteiger partial charge >= 0.3 is 0 Å². The molecular weight excluding hydrogens is 425 g/mol. The minimum Gasteiger partial charge on any atom is -0.205 e. The van der Waals surface area contributed by atoms with Crippen molar-refractivity contribution in [2.45, 2.75) is 32.6 Å². The average molecular weight is 450 g/mol. The van der Waals surface area contributed by atoms with Gasteiger partial charge < -0.3 is 0 Å². The Morgan fingerprint density at radius 3 is 2.45 bits per heavy atom. The SMILES string of the molecule is CC1CC1Cc1ccc(C#Cc2ccc3c(c2)CCC(c2ccc(N=C=S)c(F)c2)=C3)cc1. The number of aryl methyl sites for hydroxylation is 1. The van der Waals surface area contributed by atoms with Gasteiger partial charge in [-0.1, -0.05) is 49.1 Å². The Hall–Kier alpha value is -3.31. The van der Waals surface area contributed by atoms with E-state index >= 15 is 0 Å². The summed E-state index contributed by atoms with van der Waals surface area (Å²) >= 11 is 4.57. The molecule has 0 aromatic heterocycles. The van der Waals surface area contributed by atoms with Crippen LogP contribution >= 0.6 is 12.2 Å². The number of thiocarbonyl (C=S) groups is 1. The fraction of sp³-hybridized carbons (Fsp3) is 0.233. The van der Waals surface area contributed by atoms with Crippen molar-refractivity contribution >= 4 is 34.7 Å². The zero-order chi connectivity index (χ0) is 22.8. The molecule has 3 aromatic rings. The number of benzene rings is 3. The van der Waals surface area contributed by atoms with Crippen LogP contribution in [0.3, 0.4) is 0 Å². The molecule has 1 fully saturated rings. The zero-order valence-corrected chi connectivity index (χ0v) is 19.4. The van der Waals surface area contributed by atoms with E-state index < -0.39 is 0 Å². The molecule has 0 bridgehead atoms. The molecule has 0 aliphatic heterocycles. The summed E-state index contributed by atoms with van der Waals surface area (Å²) in [7, 11) is 0. The molecule has 0 amide bonds. The van der Waals surface area contributed by atoms with Crippen LogP contribution in [0.5, 0.6) is 0 Å². The van der Waals surface area contributed by atoms with E-state index in [1.54, 1.807) is 6.07 Å². The second-order valence-corrected chi connectivity index (χ2v) is 9.26. The van der Waals surface area contributed by atoms with Crippen molar-refractivity contribution in [3.63, 3.8) is 0 Å². The third-order valence-corrected chi connectivity index (χ3v) is 6.79. The van der Waals surface area contributed by atoms with Gasteiger partial charge in [-0.15, -0.1) is 0 Å². The summed E-state index contributed by atoms with van der Waals surface area (Å²) in [5.74, 6) is 7.99. The predicted molar refractivity (Wildman–Crippen MR) is 137 cm³/mol. The van der Waals surface area contributed by atoms with Crippen LogP contribution in [0.1, 0.15) is 53.1 Å². The molecule has 0 N–H and O–H groups in total. The minimum absolute atomic E-state index is 0.223. The molecule has 3 aromatic carbocycles. The number of fused-ring (bicyclic) bond motifs is 1. The largest absolute Gasteiger partial charge is 0.205 e. The van der Waals surface area contributed by atoms with Gasteiger partial charge in [0.2, 0.25) is 0 Å². The molecule has 162 valence electrons. The molecule has 2 atom stereocenters. The van der Waals surface area contributed by atoms with Crippen molar-refractivity contribution in [3.8, 4) is 11.8 Å². The summed E-state index contributed by atoms with van der Waals surface area (Å²) in [6.45, 7) is 2.33. The van der Waals surface area contributed by atoms with Crippen molar-refractivity contribution in [1.29, 1.82) is 0 Å². The lowest BCUT2D eigenvalue weighted by Gasteiger charge is -2.17. The van der Waals surface area contributed by atoms with Gasteiger partial charge in [0.05, 0.1) is 5.16 Å². The molecule has 0 saturated heterocycles. The Balaban J connectivity index is 1.31. The summed E-state index contributed by atoms with van der Waals surface area (Å²) in [6, 6.07) is 20.1. The van der Waals surface area contributed by atoms with E-state index in [1.807, 2.05) is 6.07 Å². The van der Waals surface area contributed by atoms with Crippen molar-refractivity contribution < 1.29 is 4.39 Å². The van der Waals surface area contributed by atoms with Crippen LogP contribution in [0.25, 0.3) is 11.6 Å². The maximum atomic E-state index is 14.2. The van der Waals surface area contributed by atoms with E-state index in [0.717, 1.165) is 46.9 Å². The fourth-order valence-electron chi connectivity index (χ4n) is 4.50. The Morgan fingerprint density at radius 2 is 1.73 bits per heavy atom. The van der Waals surface area contributed by atoms with Crippen LogP contribution in [-0.2, 0) is 12.8 Å². The van der Waals surface area contributed by atoms with Gasteiger partial charge in [-0.2, -0.15) is 4.99 Å². The van der Waals surface area contributed by atoms with Crippen LogP contribution in [0, 0.1) is 29.5 Å². The molecule has 3 heteroatoms. The first-order chi connectivity index (χ1) is 16.1. The summed E-state index contributed by atoms with van der Waals surface area (Å²) in [5.41, 5.74) is 8.15. The third-order valence-electron chi connectivity index (χ3n) is 6.70. The Bertz CT molecular complexity index is 1350. The second kappa shape index (κ2) is 9.28. The highest BCUT2D eigenvalue weighted by molar-refractivity contribution is 7.78. The lowest BCUT2D eigenvalue weighted by atomic mass is 9.88. The molecule has 0 spiro atoms. The van der Waals surface area contributed by atoms with E-state index in [4.69, 9.17) is 0 Å². The minimum atomic E-state index is -0.378. The van der Waals surface area contributed by atoms with Crippen LogP contribution in [0.4, 0.5) is 10.1 Å². The van der Waals surface area contributed by atoms with Gasteiger partial charge in [0.1, 0.15) is 11.5 Å². The number of rotatable bonds is 4. The fourth-order valence-corrected chi connectivity index (χ4v) is 4.60. The lowest BCUT2D eigenvalue weighted by Crippen LogP contribution is -2.00. The normalized spacial score (nSPS) is 18.3. The Morgan fingerprint density at radius 1 is 0.970 bits per heavy atom. The van der Waals surface area contributed by atoms with E-state index in [9.17, 15) is 4.39 Å². The van der Waals surface area contributed by atoms with E-state index in [0.29, 0.717) is 0 Å². The first kappa shape index (κ1) is 21.5. The molecule has 5 rings (SSSR count). The number of allylic oxidation sites excluding steroid dienone is 1. The molecular formula is C30H24FNS. The highest BCUT2D eigenvalue weighted by Gasteiger charge is 2.31. The van der Waals surface area contributed by atoms with Gasteiger partial charge in [0.15, 0.2) is 0 Å². The molecule has 2 unspecified atom stereocenters. The van der Waals surface area contributed by atoms with Gasteiger partial charge in [0.25, 0.3) is 0 Å². The molecule has 2 aliphatic carbocycles. The molecule has 0 radical (unpaired) electrons. The number of hydrogen-bond acceptors (Lipinski definition) is 2. The summed E-state index contributed by atoms with van der Waals surface area (Å²) < 4.78 is 14.2. The molecule has 33 heavy (non-hydrogen) atoms. The number of aliphatic imine (C=N–C) groups is 1. The highest BCUT2D eigenvalue weighted by Crippen LogP contribution is 2.40. The van der Waals surface area contributed by atoms with Crippen molar-refractivity contribution in [2.75, 3.05) is 0 Å². The maximum absolute atomic E-state index is 14.2. The topological polar surface area (TPSA) is 12.4 Å². The Labute approximate surface area is 200 Å². The first-order valence-corrected chi connectivity index (χ1v) is 11.8. The number of nitrogens with zero attached hydrogens (tertiary/aromatic N) is 1.